The van der Waals surface area contributed by atoms with E-state index in [1.165, 1.54) is 32.1 Å². The zero-order chi connectivity index (χ0) is 16.6. The van der Waals surface area contributed by atoms with Gasteiger partial charge >= 0.3 is 0 Å². The molecular formula is C18H27N5O. The van der Waals surface area contributed by atoms with Crippen LogP contribution in [0.5, 0.6) is 0 Å². The van der Waals surface area contributed by atoms with Crippen LogP contribution in [0.3, 0.4) is 0 Å². The van der Waals surface area contributed by atoms with Gasteiger partial charge < -0.3 is 16.0 Å². The molecule has 0 aromatic carbocycles. The number of piperidine rings is 1. The number of amides is 1. The maximum Gasteiger partial charge on any atom is 0.227 e. The van der Waals surface area contributed by atoms with Crippen LogP contribution in [-0.2, 0) is 17.8 Å². The Kier molecular flexibility index (Phi) is 4.16. The maximum absolute atomic E-state index is 12.9. The molecule has 1 spiro atoms. The largest absolute Gasteiger partial charge is 0.368 e. The number of anilines is 1. The van der Waals surface area contributed by atoms with Crippen LogP contribution in [0.4, 0.5) is 5.95 Å². The van der Waals surface area contributed by atoms with Gasteiger partial charge in [-0.25, -0.2) is 9.97 Å². The maximum atomic E-state index is 12.9. The van der Waals surface area contributed by atoms with Crippen molar-refractivity contribution in [2.24, 2.45) is 5.92 Å². The Labute approximate surface area is 143 Å². The van der Waals surface area contributed by atoms with Crippen LogP contribution in [0, 0.1) is 5.92 Å². The molecule has 1 aliphatic carbocycles. The minimum Gasteiger partial charge on any atom is -0.368 e. The molecule has 2 aliphatic heterocycles. The summed E-state index contributed by atoms with van der Waals surface area (Å²) < 4.78 is 0. The van der Waals surface area contributed by atoms with Crippen LogP contribution in [-0.4, -0.2) is 39.4 Å². The van der Waals surface area contributed by atoms with Crippen LogP contribution in [0.25, 0.3) is 0 Å². The fourth-order valence-corrected chi connectivity index (χ4v) is 4.61. The quantitative estimate of drug-likeness (QED) is 0.818. The Hall–Kier alpha value is -1.69. The number of rotatable bonds is 1. The van der Waals surface area contributed by atoms with Crippen molar-refractivity contribution >= 4 is 11.9 Å². The van der Waals surface area contributed by atoms with E-state index in [0.717, 1.165) is 43.6 Å². The molecule has 2 fully saturated rings. The zero-order valence-electron chi connectivity index (χ0n) is 14.3. The van der Waals surface area contributed by atoms with Crippen molar-refractivity contribution in [3.05, 3.63) is 17.5 Å². The molecule has 1 aromatic heterocycles. The average molecular weight is 329 g/mol. The van der Waals surface area contributed by atoms with Crippen molar-refractivity contribution < 1.29 is 4.79 Å². The first-order chi connectivity index (χ1) is 11.7. The highest BCUT2D eigenvalue weighted by molar-refractivity contribution is 5.79. The first kappa shape index (κ1) is 15.8. The first-order valence-corrected chi connectivity index (χ1v) is 9.29. The minimum atomic E-state index is 0.110. The lowest BCUT2D eigenvalue weighted by Gasteiger charge is -2.44. The van der Waals surface area contributed by atoms with Gasteiger partial charge in [0.15, 0.2) is 0 Å². The molecule has 24 heavy (non-hydrogen) atoms. The Morgan fingerprint density at radius 3 is 2.88 bits per heavy atom. The van der Waals surface area contributed by atoms with Crippen molar-refractivity contribution in [3.8, 4) is 0 Å². The van der Waals surface area contributed by atoms with Crippen LogP contribution in [0.1, 0.15) is 56.2 Å². The molecule has 1 atom stereocenters. The van der Waals surface area contributed by atoms with Gasteiger partial charge in [0, 0.05) is 24.8 Å². The van der Waals surface area contributed by atoms with Gasteiger partial charge in [0.05, 0.1) is 18.2 Å². The third kappa shape index (κ3) is 2.99. The number of nitrogens with one attached hydrogen (secondary N) is 1. The summed E-state index contributed by atoms with van der Waals surface area (Å²) in [4.78, 5) is 23.3. The van der Waals surface area contributed by atoms with E-state index in [2.05, 4.69) is 15.3 Å². The Morgan fingerprint density at radius 1 is 1.29 bits per heavy atom. The molecule has 1 saturated carbocycles. The highest BCUT2D eigenvalue weighted by Gasteiger charge is 2.39. The van der Waals surface area contributed by atoms with Crippen LogP contribution in [0.15, 0.2) is 6.20 Å². The smallest absolute Gasteiger partial charge is 0.227 e. The lowest BCUT2D eigenvalue weighted by molar-refractivity contribution is -0.137. The molecule has 3 aliphatic rings. The van der Waals surface area contributed by atoms with Gasteiger partial charge in [-0.3, -0.25) is 4.79 Å². The zero-order valence-corrected chi connectivity index (χ0v) is 14.3. The third-order valence-electron chi connectivity index (χ3n) is 6.13. The van der Waals surface area contributed by atoms with Gasteiger partial charge in [0.1, 0.15) is 0 Å². The lowest BCUT2D eigenvalue weighted by Crippen LogP contribution is -2.55. The summed E-state index contributed by atoms with van der Waals surface area (Å²) in [5.74, 6) is 0.677. The highest BCUT2D eigenvalue weighted by Crippen LogP contribution is 2.36. The van der Waals surface area contributed by atoms with E-state index in [0.29, 0.717) is 18.0 Å². The van der Waals surface area contributed by atoms with Crippen molar-refractivity contribution in [3.63, 3.8) is 0 Å². The van der Waals surface area contributed by atoms with Crippen molar-refractivity contribution in [2.45, 2.75) is 63.5 Å². The highest BCUT2D eigenvalue weighted by atomic mass is 16.2. The van der Waals surface area contributed by atoms with Crippen molar-refractivity contribution in [2.75, 3.05) is 18.8 Å². The minimum absolute atomic E-state index is 0.110. The number of carbonyl (C=O) groups is 1. The normalized spacial score (nSPS) is 26.2. The molecular weight excluding hydrogens is 302 g/mol. The number of hydrogen-bond donors (Lipinski definition) is 2. The topological polar surface area (TPSA) is 84.1 Å². The number of aromatic nitrogens is 2. The van der Waals surface area contributed by atoms with Crippen molar-refractivity contribution in [1.29, 1.82) is 0 Å². The molecule has 6 nitrogen and oxygen atoms in total. The lowest BCUT2D eigenvalue weighted by atomic mass is 9.74. The van der Waals surface area contributed by atoms with E-state index in [1.54, 1.807) is 6.20 Å². The van der Waals surface area contributed by atoms with E-state index < -0.39 is 0 Å². The van der Waals surface area contributed by atoms with Crippen LogP contribution in [0.2, 0.25) is 0 Å². The molecule has 3 N–H and O–H groups in total. The number of fused-ring (bicyclic) bond motifs is 1. The van der Waals surface area contributed by atoms with Crippen LogP contribution < -0.4 is 11.1 Å². The summed E-state index contributed by atoms with van der Waals surface area (Å²) >= 11 is 0. The fraction of sp³-hybridized carbons (Fsp3) is 0.722. The van der Waals surface area contributed by atoms with E-state index in [1.807, 2.05) is 4.90 Å². The monoisotopic (exact) mass is 329 g/mol. The second-order valence-corrected chi connectivity index (χ2v) is 7.67. The number of nitrogens with zero attached hydrogens (tertiary/aromatic N) is 3. The molecule has 130 valence electrons. The van der Waals surface area contributed by atoms with E-state index >= 15 is 0 Å². The molecule has 0 radical (unpaired) electrons. The standard InChI is InChI=1S/C18H27N5O/c19-17-20-10-13-5-9-23(12-15(13)22-17)16(24)14-4-8-18(21-11-14)6-2-1-3-7-18/h10,14,21H,1-9,11-12H2,(H2,19,20,22). The number of hydrogen-bond acceptors (Lipinski definition) is 5. The van der Waals surface area contributed by atoms with E-state index in [9.17, 15) is 4.79 Å². The van der Waals surface area contributed by atoms with Gasteiger partial charge in [-0.1, -0.05) is 19.3 Å². The van der Waals surface area contributed by atoms with E-state index in [4.69, 9.17) is 5.73 Å². The molecule has 4 rings (SSSR count). The molecule has 1 aromatic rings. The molecule has 1 unspecified atom stereocenters. The van der Waals surface area contributed by atoms with Gasteiger partial charge in [0.25, 0.3) is 0 Å². The Balaban J connectivity index is 1.38. The van der Waals surface area contributed by atoms with Gasteiger partial charge in [-0.05, 0) is 37.7 Å². The fourth-order valence-electron chi connectivity index (χ4n) is 4.61. The predicted molar refractivity (Wildman–Crippen MR) is 92.1 cm³/mol. The van der Waals surface area contributed by atoms with Gasteiger partial charge in [-0.2, -0.15) is 0 Å². The summed E-state index contributed by atoms with van der Waals surface area (Å²) in [6.45, 7) is 2.16. The summed E-state index contributed by atoms with van der Waals surface area (Å²) in [5.41, 5.74) is 8.05. The second-order valence-electron chi connectivity index (χ2n) is 7.67. The second kappa shape index (κ2) is 6.31. The summed E-state index contributed by atoms with van der Waals surface area (Å²) in [6, 6.07) is 0. The first-order valence-electron chi connectivity index (χ1n) is 9.29. The molecule has 0 bridgehead atoms. The Morgan fingerprint density at radius 2 is 2.12 bits per heavy atom. The predicted octanol–water partition coefficient (Wildman–Crippen LogP) is 1.65. The van der Waals surface area contributed by atoms with Gasteiger partial charge in [-0.15, -0.1) is 0 Å². The summed E-state index contributed by atoms with van der Waals surface area (Å²) in [6.07, 6.45) is 11.4. The number of nitrogen functional groups attached to an aromatic ring is 1. The average Bonchev–Trinajstić information content (AvgIpc) is 2.62. The molecule has 1 saturated heterocycles. The van der Waals surface area contributed by atoms with Crippen LogP contribution >= 0.6 is 0 Å². The summed E-state index contributed by atoms with van der Waals surface area (Å²) in [7, 11) is 0. The molecule has 1 amide bonds. The van der Waals surface area contributed by atoms with Crippen molar-refractivity contribution in [1.82, 2.24) is 20.2 Å². The third-order valence-corrected chi connectivity index (χ3v) is 6.13. The Bertz CT molecular complexity index is 616. The number of carbonyl (C=O) groups excluding carboxylic acids is 1. The SMILES string of the molecule is Nc1ncc2c(n1)CN(C(=O)C1CCC3(CCCCC3)NC1)CC2. The molecule has 6 heteroatoms. The number of nitrogens with two attached hydrogens (primary N) is 1. The van der Waals surface area contributed by atoms with Gasteiger partial charge in [0.2, 0.25) is 11.9 Å². The molecule has 3 heterocycles. The van der Waals surface area contributed by atoms with E-state index in [-0.39, 0.29) is 11.8 Å². The summed E-state index contributed by atoms with van der Waals surface area (Å²) in [5, 5.41) is 3.74.